The second-order valence-electron chi connectivity index (χ2n) is 9.57. The number of amides is 1. The van der Waals surface area contributed by atoms with Crippen LogP contribution < -0.4 is 5.73 Å². The number of carbonyl (C=O) groups is 2. The molecule has 0 aliphatic heterocycles. The van der Waals surface area contributed by atoms with Gasteiger partial charge in [0.25, 0.3) is 5.91 Å². The molecule has 1 heterocycles. The van der Waals surface area contributed by atoms with E-state index in [4.69, 9.17) is 10.2 Å². The summed E-state index contributed by atoms with van der Waals surface area (Å²) in [6.07, 6.45) is 2.81. The number of ketones is 1. The number of rotatable bonds is 4. The SMILES string of the molecule is CC12CC(=O)CC[C@@]1(O)[C@H]([N+](C)(C)Cc1ccco1)Cc1ccc(C(N)=O)c(O)c12. The van der Waals surface area contributed by atoms with Crippen molar-refractivity contribution in [2.75, 3.05) is 14.1 Å². The fourth-order valence-corrected chi connectivity index (χ4v) is 5.82. The van der Waals surface area contributed by atoms with E-state index >= 15 is 0 Å². The van der Waals surface area contributed by atoms with Crippen LogP contribution in [0.4, 0.5) is 0 Å². The summed E-state index contributed by atoms with van der Waals surface area (Å²) < 4.78 is 6.01. The Morgan fingerprint density at radius 1 is 1.33 bits per heavy atom. The van der Waals surface area contributed by atoms with Gasteiger partial charge in [0.1, 0.15) is 29.7 Å². The molecule has 7 nitrogen and oxygen atoms in total. The Morgan fingerprint density at radius 3 is 2.70 bits per heavy atom. The van der Waals surface area contributed by atoms with Gasteiger partial charge >= 0.3 is 0 Å². The third kappa shape index (κ3) is 2.87. The van der Waals surface area contributed by atoms with Gasteiger partial charge in [-0.2, -0.15) is 0 Å². The number of hydrogen-bond donors (Lipinski definition) is 3. The van der Waals surface area contributed by atoms with E-state index in [1.165, 1.54) is 6.07 Å². The lowest BCUT2D eigenvalue weighted by Crippen LogP contribution is -2.71. The number of Topliss-reactive ketones (excluding diaryl/α,β-unsaturated/α-hetero) is 1. The third-order valence-electron chi connectivity index (χ3n) is 7.32. The molecule has 0 saturated heterocycles. The van der Waals surface area contributed by atoms with E-state index in [-0.39, 0.29) is 36.0 Å². The van der Waals surface area contributed by atoms with Crippen molar-refractivity contribution in [2.24, 2.45) is 5.73 Å². The summed E-state index contributed by atoms with van der Waals surface area (Å²) in [6, 6.07) is 6.83. The van der Waals surface area contributed by atoms with Crippen LogP contribution in [0, 0.1) is 0 Å². The predicted molar refractivity (Wildman–Crippen MR) is 110 cm³/mol. The van der Waals surface area contributed by atoms with E-state index in [1.807, 2.05) is 33.2 Å². The maximum Gasteiger partial charge on any atom is 0.252 e. The number of nitrogens with zero attached hydrogens (tertiary/aromatic N) is 1. The van der Waals surface area contributed by atoms with Crippen LogP contribution >= 0.6 is 0 Å². The first kappa shape index (κ1) is 20.6. The maximum absolute atomic E-state index is 12.5. The monoisotopic (exact) mass is 413 g/mol. The smallest absolute Gasteiger partial charge is 0.252 e. The van der Waals surface area contributed by atoms with Crippen LogP contribution in [0.3, 0.4) is 0 Å². The zero-order valence-corrected chi connectivity index (χ0v) is 17.6. The Bertz CT molecular complexity index is 1010. The normalized spacial score (nSPS) is 28.7. The second kappa shape index (κ2) is 6.68. The number of quaternary nitrogens is 1. The summed E-state index contributed by atoms with van der Waals surface area (Å²) in [4.78, 5) is 24.4. The van der Waals surface area contributed by atoms with Gasteiger partial charge in [0.05, 0.1) is 25.9 Å². The van der Waals surface area contributed by atoms with Crippen LogP contribution in [0.1, 0.15) is 53.4 Å². The second-order valence-corrected chi connectivity index (χ2v) is 9.57. The lowest BCUT2D eigenvalue weighted by atomic mass is 9.52. The van der Waals surface area contributed by atoms with Crippen molar-refractivity contribution in [3.05, 3.63) is 53.0 Å². The van der Waals surface area contributed by atoms with Gasteiger partial charge in [-0.15, -0.1) is 0 Å². The molecular formula is C23H29N2O5+. The van der Waals surface area contributed by atoms with Crippen molar-refractivity contribution in [1.29, 1.82) is 0 Å². The molecule has 0 radical (unpaired) electrons. The van der Waals surface area contributed by atoms with Gasteiger partial charge in [0.15, 0.2) is 5.76 Å². The quantitative estimate of drug-likeness (QED) is 0.664. The summed E-state index contributed by atoms with van der Waals surface area (Å²) >= 11 is 0. The van der Waals surface area contributed by atoms with Gasteiger partial charge < -0.3 is 24.8 Å². The average molecular weight is 413 g/mol. The van der Waals surface area contributed by atoms with Crippen molar-refractivity contribution < 1.29 is 28.7 Å². The number of hydrogen-bond acceptors (Lipinski definition) is 5. The van der Waals surface area contributed by atoms with E-state index in [0.29, 0.717) is 29.4 Å². The molecule has 0 bridgehead atoms. The molecule has 30 heavy (non-hydrogen) atoms. The van der Waals surface area contributed by atoms with Gasteiger partial charge in [-0.05, 0) is 30.2 Å². The van der Waals surface area contributed by atoms with Crippen molar-refractivity contribution in [3.8, 4) is 5.75 Å². The van der Waals surface area contributed by atoms with E-state index in [2.05, 4.69) is 0 Å². The van der Waals surface area contributed by atoms with Gasteiger partial charge in [-0.1, -0.05) is 13.0 Å². The molecule has 1 unspecified atom stereocenters. The van der Waals surface area contributed by atoms with Crippen molar-refractivity contribution in [3.63, 3.8) is 0 Å². The number of aromatic hydroxyl groups is 1. The highest BCUT2D eigenvalue weighted by atomic mass is 16.3. The molecule has 1 saturated carbocycles. The van der Waals surface area contributed by atoms with Crippen LogP contribution in [0.25, 0.3) is 0 Å². The van der Waals surface area contributed by atoms with Gasteiger partial charge in [0, 0.05) is 30.2 Å². The minimum Gasteiger partial charge on any atom is -0.507 e. The molecule has 3 atom stereocenters. The minimum atomic E-state index is -1.25. The number of fused-ring (bicyclic) bond motifs is 3. The van der Waals surface area contributed by atoms with E-state index in [1.54, 1.807) is 12.3 Å². The summed E-state index contributed by atoms with van der Waals surface area (Å²) in [5.41, 5.74) is 4.48. The summed E-state index contributed by atoms with van der Waals surface area (Å²) in [5.74, 6) is -0.102. The number of furan rings is 1. The molecule has 2 aliphatic rings. The Hall–Kier alpha value is -2.64. The Labute approximate surface area is 175 Å². The van der Waals surface area contributed by atoms with Gasteiger partial charge in [-0.25, -0.2) is 0 Å². The van der Waals surface area contributed by atoms with Crippen molar-refractivity contribution in [1.82, 2.24) is 0 Å². The number of carbonyl (C=O) groups excluding carboxylic acids is 2. The van der Waals surface area contributed by atoms with Crippen LogP contribution in [0.15, 0.2) is 34.9 Å². The molecule has 1 fully saturated rings. The highest BCUT2D eigenvalue weighted by Gasteiger charge is 2.64. The van der Waals surface area contributed by atoms with E-state index in [0.717, 1.165) is 11.3 Å². The number of aliphatic hydroxyl groups is 1. The largest absolute Gasteiger partial charge is 0.507 e. The molecule has 0 spiro atoms. The molecule has 2 aliphatic carbocycles. The van der Waals surface area contributed by atoms with Gasteiger partial charge in [0.2, 0.25) is 0 Å². The Morgan fingerprint density at radius 2 is 2.07 bits per heavy atom. The first-order chi connectivity index (χ1) is 14.0. The summed E-state index contributed by atoms with van der Waals surface area (Å²) in [6.45, 7) is 2.40. The summed E-state index contributed by atoms with van der Waals surface area (Å²) in [5, 5.41) is 23.1. The summed E-state index contributed by atoms with van der Waals surface area (Å²) in [7, 11) is 4.09. The van der Waals surface area contributed by atoms with Crippen LogP contribution in [0.2, 0.25) is 0 Å². The number of benzene rings is 1. The fourth-order valence-electron chi connectivity index (χ4n) is 5.82. The Kier molecular flexibility index (Phi) is 4.60. The van der Waals surface area contributed by atoms with Crippen LogP contribution in [-0.2, 0) is 23.2 Å². The Balaban J connectivity index is 1.90. The molecule has 2 aromatic rings. The highest BCUT2D eigenvalue weighted by Crippen LogP contribution is 2.56. The van der Waals surface area contributed by atoms with Crippen molar-refractivity contribution in [2.45, 2.75) is 56.2 Å². The zero-order valence-electron chi connectivity index (χ0n) is 17.6. The molecule has 1 aromatic carbocycles. The predicted octanol–water partition coefficient (Wildman–Crippen LogP) is 2.03. The van der Waals surface area contributed by atoms with Crippen molar-refractivity contribution >= 4 is 11.7 Å². The highest BCUT2D eigenvalue weighted by molar-refractivity contribution is 5.96. The molecular weight excluding hydrogens is 384 g/mol. The van der Waals surface area contributed by atoms with E-state index < -0.39 is 16.9 Å². The number of phenols is 1. The lowest BCUT2D eigenvalue weighted by molar-refractivity contribution is -0.937. The first-order valence-corrected chi connectivity index (χ1v) is 10.2. The van der Waals surface area contributed by atoms with Gasteiger partial charge in [-0.3, -0.25) is 9.59 Å². The average Bonchev–Trinajstić information content (AvgIpc) is 3.14. The molecule has 1 amide bonds. The minimum absolute atomic E-state index is 0.0122. The van der Waals surface area contributed by atoms with E-state index in [9.17, 15) is 19.8 Å². The molecule has 4 N–H and O–H groups in total. The lowest BCUT2D eigenvalue weighted by Gasteiger charge is -2.58. The topological polar surface area (TPSA) is 114 Å². The fraction of sp³-hybridized carbons (Fsp3) is 0.478. The van der Waals surface area contributed by atoms with Crippen LogP contribution in [-0.4, -0.2) is 52.1 Å². The molecule has 4 rings (SSSR count). The third-order valence-corrected chi connectivity index (χ3v) is 7.32. The number of nitrogens with two attached hydrogens (primary N) is 1. The van der Waals surface area contributed by atoms with Crippen LogP contribution in [0.5, 0.6) is 5.75 Å². The number of primary amides is 1. The standard InChI is InChI=1S/C23H28N2O5/c1-22-12-15(26)8-9-23(22,29)18(25(2,3)13-16-5-4-10-30-16)11-14-6-7-17(21(24)28)20(27)19(14)22/h4-7,10,18,29H,8-9,11-13H2,1-3H3,(H2-,24,27,28)/p+1/t18-,22?,23-/m1/s1. The number of likely N-dealkylation sites (N-methyl/N-ethyl adjacent to an activating group) is 1. The molecule has 1 aromatic heterocycles. The molecule has 160 valence electrons. The maximum atomic E-state index is 12.5. The first-order valence-electron chi connectivity index (χ1n) is 10.2. The zero-order chi connectivity index (χ0) is 21.9. The molecule has 7 heteroatoms.